The highest BCUT2D eigenvalue weighted by atomic mass is 35.5. The zero-order valence-electron chi connectivity index (χ0n) is 14.6. The number of amidine groups is 2. The van der Waals surface area contributed by atoms with Crippen LogP contribution in [0.2, 0.25) is 5.02 Å². The molecule has 0 aromatic heterocycles. The predicted molar refractivity (Wildman–Crippen MR) is 100 cm³/mol. The smallest absolute Gasteiger partial charge is 0.351 e. The molecule has 1 N–H and O–H groups in total. The van der Waals surface area contributed by atoms with E-state index in [1.807, 2.05) is 6.92 Å². The average Bonchev–Trinajstić information content (AvgIpc) is 2.82. The molecule has 0 aliphatic carbocycles. The Morgan fingerprint density at radius 3 is 2.63 bits per heavy atom. The number of hydrogen-bond donors (Lipinski definition) is 1. The lowest BCUT2D eigenvalue weighted by molar-refractivity contribution is -0.137. The summed E-state index contributed by atoms with van der Waals surface area (Å²) < 4.78 is 39.8. The quantitative estimate of drug-likeness (QED) is 0.729. The van der Waals surface area contributed by atoms with Crippen LogP contribution in [-0.2, 0) is 6.18 Å². The molecule has 6 nitrogen and oxygen atoms in total. The maximum Gasteiger partial charge on any atom is 0.416 e. The molecule has 0 amide bonds. The molecule has 0 radical (unpaired) electrons. The fourth-order valence-corrected chi connectivity index (χ4v) is 3.50. The molecule has 1 saturated heterocycles. The van der Waals surface area contributed by atoms with E-state index in [1.165, 1.54) is 5.01 Å². The molecule has 3 aliphatic heterocycles. The largest absolute Gasteiger partial charge is 0.416 e. The van der Waals surface area contributed by atoms with Gasteiger partial charge in [-0.25, -0.2) is 10.0 Å². The van der Waals surface area contributed by atoms with Gasteiger partial charge in [0.1, 0.15) is 5.69 Å². The van der Waals surface area contributed by atoms with Gasteiger partial charge >= 0.3 is 6.18 Å². The minimum Gasteiger partial charge on any atom is -0.351 e. The van der Waals surface area contributed by atoms with Crippen LogP contribution in [0.4, 0.5) is 24.5 Å². The summed E-state index contributed by atoms with van der Waals surface area (Å²) in [4.78, 5) is 11.4. The molecule has 0 saturated carbocycles. The van der Waals surface area contributed by atoms with Crippen LogP contribution in [0.5, 0.6) is 0 Å². The van der Waals surface area contributed by atoms with Crippen LogP contribution in [-0.4, -0.2) is 55.0 Å². The molecule has 4 rings (SSSR count). The number of nitrogens with one attached hydrogen (secondary N) is 1. The van der Waals surface area contributed by atoms with E-state index in [1.54, 1.807) is 6.21 Å². The number of nitrogens with zero attached hydrogens (tertiary/aromatic N) is 5. The first kappa shape index (κ1) is 18.2. The highest BCUT2D eigenvalue weighted by Crippen LogP contribution is 2.44. The number of benzene rings is 1. The number of hydrazone groups is 1. The molecule has 144 valence electrons. The van der Waals surface area contributed by atoms with Crippen molar-refractivity contribution in [2.45, 2.75) is 25.6 Å². The minimum absolute atomic E-state index is 0.0512. The highest BCUT2D eigenvalue weighted by molar-refractivity contribution is 6.48. The number of piperazine rings is 1. The van der Waals surface area contributed by atoms with Crippen LogP contribution in [0.3, 0.4) is 0 Å². The topological polar surface area (TPSA) is 55.6 Å². The lowest BCUT2D eigenvalue weighted by Crippen LogP contribution is -2.52. The van der Waals surface area contributed by atoms with E-state index < -0.39 is 11.7 Å². The van der Waals surface area contributed by atoms with Crippen LogP contribution >= 0.6 is 11.6 Å². The molecule has 0 bridgehead atoms. The van der Waals surface area contributed by atoms with Crippen LogP contribution in [0.15, 0.2) is 27.2 Å². The molecule has 10 heteroatoms. The van der Waals surface area contributed by atoms with Crippen molar-refractivity contribution < 1.29 is 13.2 Å². The normalized spacial score (nSPS) is 22.6. The lowest BCUT2D eigenvalue weighted by Gasteiger charge is -2.36. The zero-order valence-corrected chi connectivity index (χ0v) is 15.3. The summed E-state index contributed by atoms with van der Waals surface area (Å²) in [5.74, 6) is 1.05. The highest BCUT2D eigenvalue weighted by Gasteiger charge is 2.37. The van der Waals surface area contributed by atoms with Gasteiger partial charge in [0.05, 0.1) is 22.3 Å². The number of rotatable bonds is 0. The Labute approximate surface area is 159 Å². The molecule has 27 heavy (non-hydrogen) atoms. The fraction of sp³-hybridized carbons (Fsp3) is 0.471. The lowest BCUT2D eigenvalue weighted by atomic mass is 10.1. The van der Waals surface area contributed by atoms with Crippen molar-refractivity contribution in [3.05, 3.63) is 22.7 Å². The van der Waals surface area contributed by atoms with Crippen molar-refractivity contribution in [3.63, 3.8) is 0 Å². The van der Waals surface area contributed by atoms with E-state index in [4.69, 9.17) is 11.6 Å². The van der Waals surface area contributed by atoms with Gasteiger partial charge in [0, 0.05) is 38.8 Å². The van der Waals surface area contributed by atoms with Crippen molar-refractivity contribution in [1.82, 2.24) is 10.2 Å². The molecular weight excluding hydrogens is 381 g/mol. The number of anilines is 1. The Morgan fingerprint density at radius 2 is 1.93 bits per heavy atom. The summed E-state index contributed by atoms with van der Waals surface area (Å²) in [7, 11) is 0. The van der Waals surface area contributed by atoms with E-state index in [9.17, 15) is 13.2 Å². The third-order valence-electron chi connectivity index (χ3n) is 4.62. The third kappa shape index (κ3) is 3.41. The number of fused-ring (bicyclic) bond motifs is 3. The maximum atomic E-state index is 13.3. The second-order valence-electron chi connectivity index (χ2n) is 6.64. The monoisotopic (exact) mass is 398 g/mol. The van der Waals surface area contributed by atoms with Crippen molar-refractivity contribution in [2.24, 2.45) is 15.1 Å². The first-order chi connectivity index (χ1) is 12.8. The number of hydrogen-bond acceptors (Lipinski definition) is 6. The second-order valence-corrected chi connectivity index (χ2v) is 7.05. The zero-order chi connectivity index (χ0) is 19.2. The summed E-state index contributed by atoms with van der Waals surface area (Å²) in [6, 6.07) is 1.89. The molecule has 3 heterocycles. The van der Waals surface area contributed by atoms with E-state index in [2.05, 4.69) is 25.3 Å². The van der Waals surface area contributed by atoms with E-state index in [0.717, 1.165) is 38.3 Å². The van der Waals surface area contributed by atoms with Crippen molar-refractivity contribution in [2.75, 3.05) is 31.2 Å². The summed E-state index contributed by atoms with van der Waals surface area (Å²) >= 11 is 6.20. The maximum absolute atomic E-state index is 13.3. The van der Waals surface area contributed by atoms with Gasteiger partial charge in [0.2, 0.25) is 0 Å². The molecule has 1 unspecified atom stereocenters. The molecule has 0 spiro atoms. The van der Waals surface area contributed by atoms with E-state index in [0.29, 0.717) is 18.1 Å². The number of alkyl halides is 3. The van der Waals surface area contributed by atoms with E-state index in [-0.39, 0.29) is 22.4 Å². The summed E-state index contributed by atoms with van der Waals surface area (Å²) in [5, 5.41) is 9.02. The minimum atomic E-state index is -4.51. The molecule has 1 atom stereocenters. The second kappa shape index (κ2) is 6.79. The third-order valence-corrected chi connectivity index (χ3v) is 4.91. The Bertz CT molecular complexity index is 842. The van der Waals surface area contributed by atoms with Gasteiger partial charge in [-0.05, 0) is 19.1 Å². The van der Waals surface area contributed by atoms with Crippen LogP contribution in [0.25, 0.3) is 0 Å². The van der Waals surface area contributed by atoms with Crippen LogP contribution in [0.1, 0.15) is 18.9 Å². The SMILES string of the molecule is CC1CC=NN2C(=N1)C(N1CCNCC1)=Nc1c(Cl)cc(C(F)(F)F)cc12. The van der Waals surface area contributed by atoms with E-state index >= 15 is 0 Å². The Balaban J connectivity index is 1.91. The number of aliphatic imine (C=N–C) groups is 2. The van der Waals surface area contributed by atoms with Gasteiger partial charge in [0.15, 0.2) is 11.7 Å². The van der Waals surface area contributed by atoms with Crippen molar-refractivity contribution in [1.29, 1.82) is 0 Å². The molecule has 3 aliphatic rings. The first-order valence-electron chi connectivity index (χ1n) is 8.70. The van der Waals surface area contributed by atoms with Gasteiger partial charge in [-0.1, -0.05) is 11.6 Å². The average molecular weight is 399 g/mol. The van der Waals surface area contributed by atoms with Crippen LogP contribution in [0, 0.1) is 0 Å². The molecule has 1 aromatic rings. The van der Waals surface area contributed by atoms with Gasteiger partial charge in [-0.3, -0.25) is 4.99 Å². The summed E-state index contributed by atoms with van der Waals surface area (Å²) in [5.41, 5.74) is -0.361. The molecular formula is C17H18ClF3N6. The number of halogens is 4. The Kier molecular flexibility index (Phi) is 4.59. The summed E-state index contributed by atoms with van der Waals surface area (Å²) in [6.45, 7) is 4.96. The van der Waals surface area contributed by atoms with Crippen LogP contribution < -0.4 is 10.3 Å². The molecule has 1 fully saturated rings. The van der Waals surface area contributed by atoms with Gasteiger partial charge < -0.3 is 10.2 Å². The van der Waals surface area contributed by atoms with Gasteiger partial charge in [-0.2, -0.15) is 18.3 Å². The molecule has 1 aromatic carbocycles. The van der Waals surface area contributed by atoms with Gasteiger partial charge in [-0.15, -0.1) is 0 Å². The van der Waals surface area contributed by atoms with Gasteiger partial charge in [0.25, 0.3) is 0 Å². The van der Waals surface area contributed by atoms with Crippen molar-refractivity contribution >= 4 is 40.9 Å². The first-order valence-corrected chi connectivity index (χ1v) is 9.08. The Morgan fingerprint density at radius 1 is 1.19 bits per heavy atom. The predicted octanol–water partition coefficient (Wildman–Crippen LogP) is 3.29. The Hall–Kier alpha value is -2.13. The fourth-order valence-electron chi connectivity index (χ4n) is 3.25. The van der Waals surface area contributed by atoms with Crippen molar-refractivity contribution in [3.8, 4) is 0 Å². The standard InChI is InChI=1S/C17H18ClF3N6/c1-10-2-3-23-27-13-9-11(17(19,20)21)8-12(18)14(13)25-15(16(27)24-10)26-6-4-22-5-7-26/h3,8-10,22H,2,4-7H2,1H3. The summed E-state index contributed by atoms with van der Waals surface area (Å²) in [6.07, 6.45) is -2.25.